The van der Waals surface area contributed by atoms with E-state index in [0.717, 1.165) is 0 Å². The quantitative estimate of drug-likeness (QED) is 0.707. The molecule has 1 heterocycles. The van der Waals surface area contributed by atoms with Crippen molar-refractivity contribution in [2.45, 2.75) is 0 Å². The van der Waals surface area contributed by atoms with Gasteiger partial charge in [-0.05, 0) is 36.5 Å². The maximum Gasteiger partial charge on any atom is 0.347 e. The van der Waals surface area contributed by atoms with E-state index in [2.05, 4.69) is 10.3 Å². The van der Waals surface area contributed by atoms with Crippen LogP contribution in [-0.2, 0) is 0 Å². The summed E-state index contributed by atoms with van der Waals surface area (Å²) in [7, 11) is 0. The van der Waals surface area contributed by atoms with Gasteiger partial charge in [0.2, 0.25) is 5.89 Å². The number of aromatic nitrogens is 1. The zero-order chi connectivity index (χ0) is 14.8. The lowest BCUT2D eigenvalue weighted by atomic mass is 10.1. The van der Waals surface area contributed by atoms with E-state index < -0.39 is 5.63 Å². The maximum absolute atomic E-state index is 12.0. The second-order valence-electron chi connectivity index (χ2n) is 4.36. The predicted molar refractivity (Wildman–Crippen MR) is 86.1 cm³/mol. The second-order valence-corrected chi connectivity index (χ2v) is 4.80. The number of anilines is 1. The molecular formula is C15H11N3O2S. The Labute approximate surface area is 125 Å². The van der Waals surface area contributed by atoms with Crippen molar-refractivity contribution in [1.82, 2.24) is 4.98 Å². The molecule has 0 fully saturated rings. The van der Waals surface area contributed by atoms with Gasteiger partial charge < -0.3 is 15.5 Å². The molecule has 0 saturated heterocycles. The Bertz CT molecular complexity index is 889. The van der Waals surface area contributed by atoms with Crippen molar-refractivity contribution >= 4 is 33.9 Å². The highest BCUT2D eigenvalue weighted by molar-refractivity contribution is 7.80. The first kappa shape index (κ1) is 13.3. The Kier molecular flexibility index (Phi) is 3.37. The SMILES string of the molecule is NC(=S)Nc1ccccc1-c1nc2ccccc2c(=O)o1. The summed E-state index contributed by atoms with van der Waals surface area (Å²) in [6.45, 7) is 0. The highest BCUT2D eigenvalue weighted by Crippen LogP contribution is 2.26. The summed E-state index contributed by atoms with van der Waals surface area (Å²) >= 11 is 4.84. The van der Waals surface area contributed by atoms with Gasteiger partial charge in [-0.2, -0.15) is 0 Å². The van der Waals surface area contributed by atoms with Gasteiger partial charge in [-0.15, -0.1) is 0 Å². The number of para-hydroxylation sites is 2. The molecule has 3 aromatic rings. The van der Waals surface area contributed by atoms with E-state index in [-0.39, 0.29) is 11.0 Å². The van der Waals surface area contributed by atoms with Gasteiger partial charge in [-0.25, -0.2) is 9.78 Å². The molecule has 0 aliphatic heterocycles. The van der Waals surface area contributed by atoms with Crippen LogP contribution in [0.25, 0.3) is 22.4 Å². The molecule has 0 aliphatic rings. The summed E-state index contributed by atoms with van der Waals surface area (Å²) in [4.78, 5) is 16.4. The normalized spacial score (nSPS) is 10.5. The minimum Gasteiger partial charge on any atom is -0.403 e. The van der Waals surface area contributed by atoms with Crippen LogP contribution >= 0.6 is 12.2 Å². The van der Waals surface area contributed by atoms with Crippen molar-refractivity contribution in [2.24, 2.45) is 5.73 Å². The highest BCUT2D eigenvalue weighted by Gasteiger charge is 2.12. The molecule has 6 heteroatoms. The summed E-state index contributed by atoms with van der Waals surface area (Å²) in [6.07, 6.45) is 0. The average Bonchev–Trinajstić information content (AvgIpc) is 2.47. The van der Waals surface area contributed by atoms with Gasteiger partial charge in [0, 0.05) is 0 Å². The van der Waals surface area contributed by atoms with Crippen LogP contribution in [0.4, 0.5) is 5.69 Å². The van der Waals surface area contributed by atoms with Gasteiger partial charge >= 0.3 is 5.63 Å². The van der Waals surface area contributed by atoms with Gasteiger partial charge in [-0.1, -0.05) is 24.3 Å². The van der Waals surface area contributed by atoms with Gasteiger partial charge in [0.05, 0.1) is 22.2 Å². The Morgan fingerprint density at radius 2 is 1.86 bits per heavy atom. The fourth-order valence-electron chi connectivity index (χ4n) is 2.05. The third-order valence-electron chi connectivity index (χ3n) is 2.95. The second kappa shape index (κ2) is 5.34. The van der Waals surface area contributed by atoms with Crippen molar-refractivity contribution in [2.75, 3.05) is 5.32 Å². The highest BCUT2D eigenvalue weighted by atomic mass is 32.1. The minimum absolute atomic E-state index is 0.130. The number of nitrogens with one attached hydrogen (secondary N) is 1. The van der Waals surface area contributed by atoms with Crippen LogP contribution in [0.1, 0.15) is 0 Å². The van der Waals surface area contributed by atoms with Crippen LogP contribution in [0.2, 0.25) is 0 Å². The number of rotatable bonds is 2. The molecule has 0 radical (unpaired) electrons. The molecule has 3 rings (SSSR count). The average molecular weight is 297 g/mol. The van der Waals surface area contributed by atoms with E-state index in [1.807, 2.05) is 18.2 Å². The van der Waals surface area contributed by atoms with Gasteiger partial charge in [0.15, 0.2) is 5.11 Å². The summed E-state index contributed by atoms with van der Waals surface area (Å²) in [6, 6.07) is 14.2. The predicted octanol–water partition coefficient (Wildman–Crippen LogP) is 2.51. The molecule has 0 bridgehead atoms. The van der Waals surface area contributed by atoms with Crippen molar-refractivity contribution in [1.29, 1.82) is 0 Å². The summed E-state index contributed by atoms with van der Waals surface area (Å²) in [5, 5.41) is 3.42. The number of nitrogens with two attached hydrogens (primary N) is 1. The van der Waals surface area contributed by atoms with E-state index in [4.69, 9.17) is 22.4 Å². The van der Waals surface area contributed by atoms with Gasteiger partial charge in [0.1, 0.15) is 0 Å². The number of nitrogens with zero attached hydrogens (tertiary/aromatic N) is 1. The standard InChI is InChI=1S/C15H11N3O2S/c16-15(21)18-11-7-3-1-5-9(11)13-17-12-8-4-2-6-10(12)14(19)20-13/h1-8H,(H3,16,18,21). The molecule has 5 nitrogen and oxygen atoms in total. The van der Waals surface area contributed by atoms with Gasteiger partial charge in [0.25, 0.3) is 0 Å². The number of fused-ring (bicyclic) bond motifs is 1. The molecule has 3 N–H and O–H groups in total. The molecule has 0 amide bonds. The van der Waals surface area contributed by atoms with Crippen molar-refractivity contribution in [3.8, 4) is 11.5 Å². The van der Waals surface area contributed by atoms with Crippen LogP contribution in [-0.4, -0.2) is 10.1 Å². The molecule has 1 aromatic heterocycles. The van der Waals surface area contributed by atoms with Crippen molar-refractivity contribution in [3.05, 3.63) is 59.0 Å². The molecule has 0 saturated carbocycles. The zero-order valence-electron chi connectivity index (χ0n) is 10.9. The number of hydrogen-bond donors (Lipinski definition) is 2. The largest absolute Gasteiger partial charge is 0.403 e. The van der Waals surface area contributed by atoms with E-state index in [1.165, 1.54) is 0 Å². The first-order valence-corrected chi connectivity index (χ1v) is 6.62. The molecular weight excluding hydrogens is 286 g/mol. The molecule has 2 aromatic carbocycles. The third-order valence-corrected chi connectivity index (χ3v) is 3.05. The van der Waals surface area contributed by atoms with Crippen molar-refractivity contribution < 1.29 is 4.42 Å². The molecule has 104 valence electrons. The molecule has 0 unspecified atom stereocenters. The topological polar surface area (TPSA) is 81.1 Å². The fraction of sp³-hybridized carbons (Fsp3) is 0. The monoisotopic (exact) mass is 297 g/mol. The summed E-state index contributed by atoms with van der Waals surface area (Å²) < 4.78 is 5.31. The first-order valence-electron chi connectivity index (χ1n) is 6.21. The summed E-state index contributed by atoms with van der Waals surface area (Å²) in [5.41, 5.74) is 6.90. The Hall–Kier alpha value is -2.73. The third kappa shape index (κ3) is 2.61. The van der Waals surface area contributed by atoms with Gasteiger partial charge in [-0.3, -0.25) is 0 Å². The van der Waals surface area contributed by atoms with Crippen LogP contribution in [0.15, 0.2) is 57.7 Å². The maximum atomic E-state index is 12.0. The van der Waals surface area contributed by atoms with E-state index >= 15 is 0 Å². The molecule has 0 aliphatic carbocycles. The molecule has 21 heavy (non-hydrogen) atoms. The number of hydrogen-bond acceptors (Lipinski definition) is 4. The van der Waals surface area contributed by atoms with E-state index in [1.54, 1.807) is 30.3 Å². The molecule has 0 spiro atoms. The first-order chi connectivity index (χ1) is 10.1. The number of benzene rings is 2. The van der Waals surface area contributed by atoms with Crippen LogP contribution in [0.3, 0.4) is 0 Å². The summed E-state index contributed by atoms with van der Waals surface area (Å²) in [5.74, 6) is 0.220. The lowest BCUT2D eigenvalue weighted by molar-refractivity contribution is 0.518. The Morgan fingerprint density at radius 3 is 2.67 bits per heavy atom. The van der Waals surface area contributed by atoms with E-state index in [0.29, 0.717) is 22.2 Å². The minimum atomic E-state index is -0.430. The zero-order valence-corrected chi connectivity index (χ0v) is 11.7. The number of thiocarbonyl (C=S) groups is 1. The Morgan fingerprint density at radius 1 is 1.14 bits per heavy atom. The van der Waals surface area contributed by atoms with Crippen LogP contribution in [0, 0.1) is 0 Å². The van der Waals surface area contributed by atoms with Crippen LogP contribution < -0.4 is 16.7 Å². The van der Waals surface area contributed by atoms with Crippen molar-refractivity contribution in [3.63, 3.8) is 0 Å². The lowest BCUT2D eigenvalue weighted by Crippen LogP contribution is -2.19. The van der Waals surface area contributed by atoms with E-state index in [9.17, 15) is 4.79 Å². The van der Waals surface area contributed by atoms with Crippen LogP contribution in [0.5, 0.6) is 0 Å². The fourth-order valence-corrected chi connectivity index (χ4v) is 2.16. The lowest BCUT2D eigenvalue weighted by Gasteiger charge is -2.09. The molecule has 0 atom stereocenters. The Balaban J connectivity index is 2.21. The smallest absolute Gasteiger partial charge is 0.347 e.